The molecule has 1 saturated heterocycles. The quantitative estimate of drug-likeness (QED) is 0.857. The first kappa shape index (κ1) is 20.1. The van der Waals surface area contributed by atoms with E-state index in [1.807, 2.05) is 6.07 Å². The summed E-state index contributed by atoms with van der Waals surface area (Å²) in [4.78, 5) is 13.2. The third-order valence-electron chi connectivity index (χ3n) is 3.29. The smallest absolute Gasteiger partial charge is 0.335 e. The van der Waals surface area contributed by atoms with Gasteiger partial charge in [0.2, 0.25) is 0 Å². The highest BCUT2D eigenvalue weighted by atomic mass is 35.5. The van der Waals surface area contributed by atoms with Gasteiger partial charge in [0.05, 0.1) is 18.3 Å². The van der Waals surface area contributed by atoms with E-state index in [1.54, 1.807) is 18.2 Å². The molecule has 1 aromatic carbocycles. The molecule has 1 heterocycles. The lowest BCUT2D eigenvalue weighted by atomic mass is 10.1. The molecule has 1 fully saturated rings. The largest absolute Gasteiger partial charge is 0.478 e. The number of morpholine rings is 1. The van der Waals surface area contributed by atoms with E-state index in [1.165, 1.54) is 0 Å². The Labute approximate surface area is 137 Å². The number of benzene rings is 1. The van der Waals surface area contributed by atoms with Crippen LogP contribution in [0, 0.1) is 0 Å². The Hall–Kier alpha value is -0.850. The number of nitrogens with zero attached hydrogens (tertiary/aromatic N) is 1. The summed E-state index contributed by atoms with van der Waals surface area (Å²) in [6.45, 7) is 3.83. The van der Waals surface area contributed by atoms with Crippen molar-refractivity contribution in [2.75, 3.05) is 26.2 Å². The van der Waals surface area contributed by atoms with E-state index in [2.05, 4.69) is 4.90 Å². The molecule has 0 spiro atoms. The predicted octanol–water partition coefficient (Wildman–Crippen LogP) is 1.78. The van der Waals surface area contributed by atoms with Crippen LogP contribution in [0.25, 0.3) is 0 Å². The number of ether oxygens (including phenoxy) is 1. The van der Waals surface area contributed by atoms with Gasteiger partial charge in [-0.05, 0) is 30.7 Å². The number of hydrogen-bond donors (Lipinski definition) is 2. The number of hydrogen-bond acceptors (Lipinski definition) is 4. The SMILES string of the molecule is Cl.Cl.NCCC1CN(Cc2cccc(C(=O)O)c2)CCO1. The van der Waals surface area contributed by atoms with Gasteiger partial charge in [-0.15, -0.1) is 24.8 Å². The Morgan fingerprint density at radius 1 is 1.43 bits per heavy atom. The number of nitrogens with two attached hydrogens (primary N) is 1. The maximum Gasteiger partial charge on any atom is 0.335 e. The number of carboxylic acids is 1. The molecule has 3 N–H and O–H groups in total. The molecule has 1 aliphatic heterocycles. The van der Waals surface area contributed by atoms with Crippen molar-refractivity contribution in [3.63, 3.8) is 0 Å². The first-order chi connectivity index (χ1) is 9.19. The van der Waals surface area contributed by atoms with Gasteiger partial charge in [-0.1, -0.05) is 12.1 Å². The Morgan fingerprint density at radius 2 is 2.19 bits per heavy atom. The molecule has 1 unspecified atom stereocenters. The standard InChI is InChI=1S/C14H20N2O3.2ClH/c15-5-4-13-10-16(6-7-19-13)9-11-2-1-3-12(8-11)14(17)18;;/h1-3,8,13H,4-7,9-10,15H2,(H,17,18);2*1H. The lowest BCUT2D eigenvalue weighted by molar-refractivity contribution is -0.0335. The molecule has 1 aromatic rings. The van der Waals surface area contributed by atoms with Crippen molar-refractivity contribution in [3.05, 3.63) is 35.4 Å². The molecule has 120 valence electrons. The maximum atomic E-state index is 10.9. The zero-order chi connectivity index (χ0) is 13.7. The summed E-state index contributed by atoms with van der Waals surface area (Å²) in [7, 11) is 0. The minimum atomic E-state index is -0.884. The van der Waals surface area contributed by atoms with Gasteiger partial charge in [-0.2, -0.15) is 0 Å². The van der Waals surface area contributed by atoms with E-state index < -0.39 is 5.97 Å². The number of carboxylic acid groups (broad SMARTS) is 1. The molecule has 7 heteroatoms. The highest BCUT2D eigenvalue weighted by molar-refractivity contribution is 5.87. The average molecular weight is 337 g/mol. The summed E-state index contributed by atoms with van der Waals surface area (Å²) < 4.78 is 5.63. The second kappa shape index (κ2) is 9.97. The van der Waals surface area contributed by atoms with Crippen molar-refractivity contribution in [1.82, 2.24) is 4.90 Å². The molecular formula is C14H22Cl2N2O3. The molecule has 0 radical (unpaired) electrons. The minimum absolute atomic E-state index is 0. The normalized spacial score (nSPS) is 18.4. The lowest BCUT2D eigenvalue weighted by Crippen LogP contribution is -2.42. The molecule has 2 rings (SSSR count). The summed E-state index contributed by atoms with van der Waals surface area (Å²) in [5.74, 6) is -0.884. The van der Waals surface area contributed by atoms with Crippen LogP contribution >= 0.6 is 24.8 Å². The summed E-state index contributed by atoms with van der Waals surface area (Å²) in [5, 5.41) is 8.98. The highest BCUT2D eigenvalue weighted by Crippen LogP contribution is 2.13. The van der Waals surface area contributed by atoms with Crippen LogP contribution in [0.15, 0.2) is 24.3 Å². The molecule has 5 nitrogen and oxygen atoms in total. The van der Waals surface area contributed by atoms with Gasteiger partial charge in [0.15, 0.2) is 0 Å². The summed E-state index contributed by atoms with van der Waals surface area (Å²) in [6.07, 6.45) is 1.06. The fraction of sp³-hybridized carbons (Fsp3) is 0.500. The first-order valence-electron chi connectivity index (χ1n) is 6.55. The van der Waals surface area contributed by atoms with E-state index in [-0.39, 0.29) is 30.9 Å². The maximum absolute atomic E-state index is 10.9. The van der Waals surface area contributed by atoms with Crippen molar-refractivity contribution in [1.29, 1.82) is 0 Å². The molecule has 21 heavy (non-hydrogen) atoms. The van der Waals surface area contributed by atoms with Crippen LogP contribution in [0.3, 0.4) is 0 Å². The van der Waals surface area contributed by atoms with Gasteiger partial charge in [-0.25, -0.2) is 4.79 Å². The summed E-state index contributed by atoms with van der Waals surface area (Å²) >= 11 is 0. The van der Waals surface area contributed by atoms with Crippen molar-refractivity contribution in [2.24, 2.45) is 5.73 Å². The van der Waals surface area contributed by atoms with E-state index in [0.717, 1.165) is 31.6 Å². The van der Waals surface area contributed by atoms with E-state index in [4.69, 9.17) is 15.6 Å². The molecule has 1 atom stereocenters. The van der Waals surface area contributed by atoms with Crippen molar-refractivity contribution in [3.8, 4) is 0 Å². The number of aromatic carboxylic acids is 1. The third-order valence-corrected chi connectivity index (χ3v) is 3.29. The van der Waals surface area contributed by atoms with Gasteiger partial charge in [0.1, 0.15) is 0 Å². The Bertz CT molecular complexity index is 444. The monoisotopic (exact) mass is 336 g/mol. The van der Waals surface area contributed by atoms with Gasteiger partial charge >= 0.3 is 5.97 Å². The molecule has 0 aromatic heterocycles. The second-order valence-electron chi connectivity index (χ2n) is 4.81. The van der Waals surface area contributed by atoms with Gasteiger partial charge in [-0.3, -0.25) is 4.90 Å². The van der Waals surface area contributed by atoms with E-state index in [0.29, 0.717) is 18.7 Å². The first-order valence-corrected chi connectivity index (χ1v) is 6.55. The van der Waals surface area contributed by atoms with Crippen LogP contribution in [-0.2, 0) is 11.3 Å². The molecular weight excluding hydrogens is 315 g/mol. The zero-order valence-corrected chi connectivity index (χ0v) is 13.4. The van der Waals surface area contributed by atoms with Crippen LogP contribution in [0.1, 0.15) is 22.3 Å². The highest BCUT2D eigenvalue weighted by Gasteiger charge is 2.19. The fourth-order valence-electron chi connectivity index (χ4n) is 2.35. The molecule has 1 aliphatic rings. The lowest BCUT2D eigenvalue weighted by Gasteiger charge is -2.32. The molecule has 0 aliphatic carbocycles. The molecule has 0 amide bonds. The molecule has 0 saturated carbocycles. The van der Waals surface area contributed by atoms with Gasteiger partial charge < -0.3 is 15.6 Å². The summed E-state index contributed by atoms with van der Waals surface area (Å²) in [6, 6.07) is 7.09. The van der Waals surface area contributed by atoms with Gasteiger partial charge in [0.25, 0.3) is 0 Å². The third kappa shape index (κ3) is 6.20. The van der Waals surface area contributed by atoms with E-state index >= 15 is 0 Å². The van der Waals surface area contributed by atoms with Crippen molar-refractivity contribution in [2.45, 2.75) is 19.1 Å². The Kier molecular flexibility index (Phi) is 9.57. The van der Waals surface area contributed by atoms with Crippen LogP contribution in [-0.4, -0.2) is 48.3 Å². The molecule has 0 bridgehead atoms. The summed E-state index contributed by atoms with van der Waals surface area (Å²) in [5.41, 5.74) is 6.91. The van der Waals surface area contributed by atoms with Gasteiger partial charge in [0, 0.05) is 19.6 Å². The second-order valence-corrected chi connectivity index (χ2v) is 4.81. The van der Waals surface area contributed by atoms with Crippen molar-refractivity contribution < 1.29 is 14.6 Å². The average Bonchev–Trinajstić information content (AvgIpc) is 2.40. The van der Waals surface area contributed by atoms with Crippen LogP contribution in [0.4, 0.5) is 0 Å². The van der Waals surface area contributed by atoms with Crippen LogP contribution in [0.2, 0.25) is 0 Å². The van der Waals surface area contributed by atoms with E-state index in [9.17, 15) is 4.79 Å². The minimum Gasteiger partial charge on any atom is -0.478 e. The Balaban J connectivity index is 0.00000200. The number of carbonyl (C=O) groups is 1. The zero-order valence-electron chi connectivity index (χ0n) is 11.7. The van der Waals surface area contributed by atoms with Crippen LogP contribution < -0.4 is 5.73 Å². The fourth-order valence-corrected chi connectivity index (χ4v) is 2.35. The number of rotatable bonds is 5. The predicted molar refractivity (Wildman–Crippen MR) is 86.6 cm³/mol. The topological polar surface area (TPSA) is 75.8 Å². The number of halogens is 2. The van der Waals surface area contributed by atoms with Crippen molar-refractivity contribution >= 4 is 30.8 Å². The Morgan fingerprint density at radius 3 is 2.86 bits per heavy atom. The van der Waals surface area contributed by atoms with Crippen LogP contribution in [0.5, 0.6) is 0 Å².